The fourth-order valence-electron chi connectivity index (χ4n) is 2.16. The third-order valence-electron chi connectivity index (χ3n) is 3.20. The summed E-state index contributed by atoms with van der Waals surface area (Å²) in [4.78, 5) is 12.1. The van der Waals surface area contributed by atoms with E-state index in [9.17, 15) is 4.79 Å². The molecular weight excluding hydrogens is 246 g/mol. The van der Waals surface area contributed by atoms with E-state index in [4.69, 9.17) is 9.47 Å². The number of carbonyl (C=O) groups is 1. The Hall–Kier alpha value is -1.40. The molecule has 0 aliphatic carbocycles. The van der Waals surface area contributed by atoms with Gasteiger partial charge in [-0.25, -0.2) is 0 Å². The van der Waals surface area contributed by atoms with Crippen LogP contribution in [0.15, 0.2) is 12.3 Å². The predicted molar refractivity (Wildman–Crippen MR) is 70.0 cm³/mol. The number of nitrogens with one attached hydrogen (secondary N) is 1. The van der Waals surface area contributed by atoms with Crippen molar-refractivity contribution in [3.63, 3.8) is 0 Å². The van der Waals surface area contributed by atoms with Gasteiger partial charge < -0.3 is 14.8 Å². The summed E-state index contributed by atoms with van der Waals surface area (Å²) in [5, 5.41) is 7.19. The number of aromatic nitrogens is 2. The molecule has 1 amide bonds. The number of rotatable bonds is 5. The van der Waals surface area contributed by atoms with Crippen molar-refractivity contribution in [2.24, 2.45) is 0 Å². The fraction of sp³-hybridized carbons (Fsp3) is 0.692. The maximum atomic E-state index is 12.1. The molecule has 0 saturated carbocycles. The highest BCUT2D eigenvalue weighted by Crippen LogP contribution is 2.12. The Morgan fingerprint density at radius 1 is 1.63 bits per heavy atom. The van der Waals surface area contributed by atoms with Crippen LogP contribution in [0.4, 0.5) is 0 Å². The van der Waals surface area contributed by atoms with Gasteiger partial charge in [-0.3, -0.25) is 9.48 Å². The summed E-state index contributed by atoms with van der Waals surface area (Å²) in [6, 6.07) is 1.72. The second-order valence-electron chi connectivity index (χ2n) is 4.49. The summed E-state index contributed by atoms with van der Waals surface area (Å²) in [6.45, 7) is 6.48. The van der Waals surface area contributed by atoms with E-state index in [1.54, 1.807) is 16.9 Å². The van der Waals surface area contributed by atoms with Gasteiger partial charge >= 0.3 is 0 Å². The van der Waals surface area contributed by atoms with Crippen molar-refractivity contribution in [3.8, 4) is 0 Å². The predicted octanol–water partition coefficient (Wildman–Crippen LogP) is 0.827. The first-order chi connectivity index (χ1) is 9.24. The Labute approximate surface area is 113 Å². The largest absolute Gasteiger partial charge is 0.379 e. The molecule has 106 valence electrons. The molecule has 2 rings (SSSR count). The van der Waals surface area contributed by atoms with Gasteiger partial charge in [0.1, 0.15) is 11.8 Å². The number of hydrogen-bond acceptors (Lipinski definition) is 4. The van der Waals surface area contributed by atoms with Crippen molar-refractivity contribution in [2.75, 3.05) is 19.8 Å². The molecule has 1 saturated heterocycles. The summed E-state index contributed by atoms with van der Waals surface area (Å²) in [5.74, 6) is -0.149. The van der Waals surface area contributed by atoms with E-state index in [2.05, 4.69) is 10.4 Å². The minimum atomic E-state index is -0.149. The zero-order valence-electron chi connectivity index (χ0n) is 11.5. The molecule has 0 unspecified atom stereocenters. The van der Waals surface area contributed by atoms with Crippen molar-refractivity contribution in [3.05, 3.63) is 18.0 Å². The standard InChI is InChI=1S/C13H21N3O3/c1-3-16-7-5-11(15-16)13(17)14-10-6-8-18-9-12(10)19-4-2/h5,7,10,12H,3-4,6,8-9H2,1-2H3,(H,14,17)/t10-,12-/m1/s1. The van der Waals surface area contributed by atoms with Crippen LogP contribution in [0.1, 0.15) is 30.8 Å². The van der Waals surface area contributed by atoms with Crippen LogP contribution < -0.4 is 5.32 Å². The van der Waals surface area contributed by atoms with Gasteiger partial charge in [-0.05, 0) is 26.3 Å². The Morgan fingerprint density at radius 2 is 2.47 bits per heavy atom. The zero-order valence-corrected chi connectivity index (χ0v) is 11.5. The van der Waals surface area contributed by atoms with E-state index >= 15 is 0 Å². The van der Waals surface area contributed by atoms with Gasteiger partial charge in [0, 0.05) is 26.0 Å². The molecule has 0 aromatic carbocycles. The number of carbonyl (C=O) groups excluding carboxylic acids is 1. The highest BCUT2D eigenvalue weighted by Gasteiger charge is 2.28. The Morgan fingerprint density at radius 3 is 3.16 bits per heavy atom. The van der Waals surface area contributed by atoms with Gasteiger partial charge in [0.2, 0.25) is 0 Å². The maximum Gasteiger partial charge on any atom is 0.272 e. The van der Waals surface area contributed by atoms with Crippen LogP contribution in [-0.4, -0.2) is 47.7 Å². The Kier molecular flexibility index (Phi) is 4.93. The van der Waals surface area contributed by atoms with E-state index in [0.29, 0.717) is 25.5 Å². The SMILES string of the molecule is CCO[C@@H]1COCC[C@H]1NC(=O)c1ccn(CC)n1. The van der Waals surface area contributed by atoms with E-state index < -0.39 is 0 Å². The monoisotopic (exact) mass is 267 g/mol. The first kappa shape index (κ1) is 14.0. The van der Waals surface area contributed by atoms with Crippen molar-refractivity contribution < 1.29 is 14.3 Å². The van der Waals surface area contributed by atoms with Gasteiger partial charge in [0.25, 0.3) is 5.91 Å². The van der Waals surface area contributed by atoms with Crippen LogP contribution >= 0.6 is 0 Å². The van der Waals surface area contributed by atoms with Gasteiger partial charge in [-0.1, -0.05) is 0 Å². The summed E-state index contributed by atoms with van der Waals surface area (Å²) >= 11 is 0. The van der Waals surface area contributed by atoms with Crippen LogP contribution in [0.5, 0.6) is 0 Å². The van der Waals surface area contributed by atoms with Crippen LogP contribution in [0.2, 0.25) is 0 Å². The van der Waals surface area contributed by atoms with E-state index in [0.717, 1.165) is 13.0 Å². The van der Waals surface area contributed by atoms with Crippen molar-refractivity contribution in [1.29, 1.82) is 0 Å². The molecule has 6 heteroatoms. The van der Waals surface area contributed by atoms with Crippen LogP contribution in [0, 0.1) is 0 Å². The van der Waals surface area contributed by atoms with Crippen molar-refractivity contribution >= 4 is 5.91 Å². The van der Waals surface area contributed by atoms with Crippen LogP contribution in [-0.2, 0) is 16.0 Å². The Bertz CT molecular complexity index is 417. The van der Waals surface area contributed by atoms with Gasteiger partial charge in [0.15, 0.2) is 0 Å². The lowest BCUT2D eigenvalue weighted by atomic mass is 10.1. The number of ether oxygens (including phenoxy) is 2. The fourth-order valence-corrected chi connectivity index (χ4v) is 2.16. The molecule has 2 atom stereocenters. The summed E-state index contributed by atoms with van der Waals surface area (Å²) in [7, 11) is 0. The quantitative estimate of drug-likeness (QED) is 0.858. The molecule has 1 aromatic heterocycles. The minimum Gasteiger partial charge on any atom is -0.379 e. The molecule has 1 aromatic rings. The maximum absolute atomic E-state index is 12.1. The number of nitrogens with zero attached hydrogens (tertiary/aromatic N) is 2. The summed E-state index contributed by atoms with van der Waals surface area (Å²) < 4.78 is 12.7. The lowest BCUT2D eigenvalue weighted by Gasteiger charge is -2.31. The number of amides is 1. The molecule has 0 bridgehead atoms. The molecule has 6 nitrogen and oxygen atoms in total. The molecule has 1 aliphatic heterocycles. The summed E-state index contributed by atoms with van der Waals surface area (Å²) in [6.07, 6.45) is 2.50. The van der Waals surface area contributed by atoms with Gasteiger partial charge in [-0.15, -0.1) is 0 Å². The van der Waals surface area contributed by atoms with Crippen LogP contribution in [0.25, 0.3) is 0 Å². The summed E-state index contributed by atoms with van der Waals surface area (Å²) in [5.41, 5.74) is 0.448. The number of aryl methyl sites for hydroxylation is 1. The van der Waals surface area contributed by atoms with E-state index in [-0.39, 0.29) is 18.1 Å². The third kappa shape index (κ3) is 3.54. The molecule has 0 spiro atoms. The second kappa shape index (κ2) is 6.68. The Balaban J connectivity index is 1.96. The molecule has 1 N–H and O–H groups in total. The minimum absolute atomic E-state index is 0.00650. The van der Waals surface area contributed by atoms with Gasteiger partial charge in [0.05, 0.1) is 12.6 Å². The molecule has 0 radical (unpaired) electrons. The highest BCUT2D eigenvalue weighted by molar-refractivity contribution is 5.92. The lowest BCUT2D eigenvalue weighted by Crippen LogP contribution is -2.50. The topological polar surface area (TPSA) is 65.4 Å². The smallest absolute Gasteiger partial charge is 0.272 e. The molecule has 19 heavy (non-hydrogen) atoms. The van der Waals surface area contributed by atoms with Crippen LogP contribution in [0.3, 0.4) is 0 Å². The van der Waals surface area contributed by atoms with Gasteiger partial charge in [-0.2, -0.15) is 5.10 Å². The van der Waals surface area contributed by atoms with E-state index in [1.165, 1.54) is 0 Å². The first-order valence-corrected chi connectivity index (χ1v) is 6.78. The lowest BCUT2D eigenvalue weighted by molar-refractivity contribution is -0.0633. The average molecular weight is 267 g/mol. The molecule has 2 heterocycles. The molecular formula is C13H21N3O3. The molecule has 1 aliphatic rings. The normalized spacial score (nSPS) is 23.3. The van der Waals surface area contributed by atoms with Crippen molar-refractivity contribution in [2.45, 2.75) is 39.0 Å². The van der Waals surface area contributed by atoms with Crippen molar-refractivity contribution in [1.82, 2.24) is 15.1 Å². The first-order valence-electron chi connectivity index (χ1n) is 6.78. The third-order valence-corrected chi connectivity index (χ3v) is 3.20. The molecule has 1 fully saturated rings. The second-order valence-corrected chi connectivity index (χ2v) is 4.49. The highest BCUT2D eigenvalue weighted by atomic mass is 16.5. The number of hydrogen-bond donors (Lipinski definition) is 1. The van der Waals surface area contributed by atoms with E-state index in [1.807, 2.05) is 13.8 Å². The zero-order chi connectivity index (χ0) is 13.7. The average Bonchev–Trinajstić information content (AvgIpc) is 2.90.